The molecule has 3 nitrogen and oxygen atoms in total. The van der Waals surface area contributed by atoms with Crippen molar-refractivity contribution in [3.05, 3.63) is 0 Å². The molecule has 1 unspecified atom stereocenters. The van der Waals surface area contributed by atoms with Crippen LogP contribution in [-0.2, 0) is 9.53 Å². The Hall–Kier alpha value is -0.410. The summed E-state index contributed by atoms with van der Waals surface area (Å²) in [6.07, 6.45) is 0. The molecule has 0 aromatic heterocycles. The molecule has 0 bridgehead atoms. The van der Waals surface area contributed by atoms with E-state index < -0.39 is 0 Å². The van der Waals surface area contributed by atoms with Crippen LogP contribution in [-0.4, -0.2) is 31.6 Å². The maximum absolute atomic E-state index is 11.4. The van der Waals surface area contributed by atoms with Crippen LogP contribution in [0, 0.1) is 5.92 Å². The molecular formula is C8H15NO2. The normalized spacial score (nSPS) is 25.5. The Balaban J connectivity index is 2.39. The number of morpholine rings is 1. The van der Waals surface area contributed by atoms with E-state index in [0.29, 0.717) is 6.61 Å². The molecule has 1 rings (SSSR count). The molecule has 0 aromatic carbocycles. The van der Waals surface area contributed by atoms with Crippen LogP contribution < -0.4 is 5.32 Å². The molecule has 3 heteroatoms. The molecule has 0 amide bonds. The van der Waals surface area contributed by atoms with Crippen molar-refractivity contribution in [2.24, 2.45) is 5.92 Å². The van der Waals surface area contributed by atoms with E-state index in [1.54, 1.807) is 0 Å². The molecule has 1 atom stereocenters. The zero-order valence-corrected chi connectivity index (χ0v) is 7.09. The summed E-state index contributed by atoms with van der Waals surface area (Å²) in [5, 5.41) is 3.13. The molecule has 0 aromatic rings. The van der Waals surface area contributed by atoms with Gasteiger partial charge in [0, 0.05) is 12.5 Å². The number of hydrogen-bond donors (Lipinski definition) is 1. The summed E-state index contributed by atoms with van der Waals surface area (Å²) < 4.78 is 5.17. The lowest BCUT2D eigenvalue weighted by molar-refractivity contribution is -0.126. The molecule has 1 heterocycles. The highest BCUT2D eigenvalue weighted by Gasteiger charge is 2.22. The fraction of sp³-hybridized carbons (Fsp3) is 0.875. The molecular weight excluding hydrogens is 142 g/mol. The number of carbonyl (C=O) groups excluding carboxylic acids is 1. The van der Waals surface area contributed by atoms with Gasteiger partial charge in [-0.3, -0.25) is 4.79 Å². The van der Waals surface area contributed by atoms with Gasteiger partial charge in [0.1, 0.15) is 0 Å². The summed E-state index contributed by atoms with van der Waals surface area (Å²) in [5.74, 6) is 0.360. The average molecular weight is 157 g/mol. The molecule has 0 saturated carbocycles. The summed E-state index contributed by atoms with van der Waals surface area (Å²) in [7, 11) is 0. The first-order chi connectivity index (χ1) is 5.22. The predicted octanol–water partition coefficient (Wildman–Crippen LogP) is 0.200. The van der Waals surface area contributed by atoms with E-state index in [1.807, 2.05) is 13.8 Å². The van der Waals surface area contributed by atoms with Crippen molar-refractivity contribution < 1.29 is 9.53 Å². The minimum Gasteiger partial charge on any atom is -0.378 e. The number of ether oxygens (including phenoxy) is 1. The Bertz CT molecular complexity index is 139. The van der Waals surface area contributed by atoms with Crippen molar-refractivity contribution >= 4 is 5.78 Å². The third kappa shape index (κ3) is 2.27. The van der Waals surface area contributed by atoms with Crippen LogP contribution in [0.25, 0.3) is 0 Å². The van der Waals surface area contributed by atoms with Crippen molar-refractivity contribution in [1.82, 2.24) is 5.32 Å². The summed E-state index contributed by atoms with van der Waals surface area (Å²) >= 11 is 0. The van der Waals surface area contributed by atoms with E-state index in [0.717, 1.165) is 13.2 Å². The standard InChI is InChI=1S/C8H15NO2/c1-6(2)8(10)7-5-11-4-3-9-7/h6-7,9H,3-5H2,1-2H3. The molecule has 1 fully saturated rings. The van der Waals surface area contributed by atoms with E-state index in [4.69, 9.17) is 4.74 Å². The van der Waals surface area contributed by atoms with Crippen molar-refractivity contribution in [3.8, 4) is 0 Å². The Morgan fingerprint density at radius 1 is 1.64 bits per heavy atom. The molecule has 0 radical (unpaired) electrons. The molecule has 1 saturated heterocycles. The fourth-order valence-corrected chi connectivity index (χ4v) is 1.15. The highest BCUT2D eigenvalue weighted by atomic mass is 16.5. The number of hydrogen-bond acceptors (Lipinski definition) is 3. The van der Waals surface area contributed by atoms with Crippen molar-refractivity contribution in [2.45, 2.75) is 19.9 Å². The van der Waals surface area contributed by atoms with E-state index in [-0.39, 0.29) is 17.7 Å². The molecule has 1 aliphatic heterocycles. The number of nitrogens with one attached hydrogen (secondary N) is 1. The van der Waals surface area contributed by atoms with Crippen molar-refractivity contribution in [2.75, 3.05) is 19.8 Å². The van der Waals surface area contributed by atoms with E-state index in [9.17, 15) is 4.79 Å². The topological polar surface area (TPSA) is 38.3 Å². The number of carbonyl (C=O) groups is 1. The van der Waals surface area contributed by atoms with Gasteiger partial charge in [-0.2, -0.15) is 0 Å². The minimum absolute atomic E-state index is 0.0660. The van der Waals surface area contributed by atoms with Gasteiger partial charge in [-0.15, -0.1) is 0 Å². The minimum atomic E-state index is -0.0660. The Morgan fingerprint density at radius 3 is 2.82 bits per heavy atom. The molecule has 0 aliphatic carbocycles. The summed E-state index contributed by atoms with van der Waals surface area (Å²) in [6, 6.07) is -0.0660. The van der Waals surface area contributed by atoms with Crippen LogP contribution in [0.4, 0.5) is 0 Å². The Morgan fingerprint density at radius 2 is 2.36 bits per heavy atom. The zero-order chi connectivity index (χ0) is 8.27. The van der Waals surface area contributed by atoms with Gasteiger partial charge in [-0.1, -0.05) is 13.8 Å². The highest BCUT2D eigenvalue weighted by Crippen LogP contribution is 2.02. The molecule has 64 valence electrons. The maximum Gasteiger partial charge on any atom is 0.154 e. The zero-order valence-electron chi connectivity index (χ0n) is 7.09. The molecule has 11 heavy (non-hydrogen) atoms. The van der Waals surface area contributed by atoms with Gasteiger partial charge in [-0.25, -0.2) is 0 Å². The monoisotopic (exact) mass is 157 g/mol. The van der Waals surface area contributed by atoms with E-state index in [2.05, 4.69) is 5.32 Å². The first kappa shape index (κ1) is 8.68. The van der Waals surface area contributed by atoms with Crippen molar-refractivity contribution in [3.63, 3.8) is 0 Å². The van der Waals surface area contributed by atoms with Gasteiger partial charge < -0.3 is 10.1 Å². The second kappa shape index (κ2) is 3.83. The summed E-state index contributed by atoms with van der Waals surface area (Å²) in [4.78, 5) is 11.4. The van der Waals surface area contributed by atoms with Gasteiger partial charge in [0.25, 0.3) is 0 Å². The quantitative estimate of drug-likeness (QED) is 0.622. The average Bonchev–Trinajstić information content (AvgIpc) is 2.05. The van der Waals surface area contributed by atoms with Crippen LogP contribution in [0.3, 0.4) is 0 Å². The van der Waals surface area contributed by atoms with E-state index in [1.165, 1.54) is 0 Å². The van der Waals surface area contributed by atoms with Gasteiger partial charge >= 0.3 is 0 Å². The first-order valence-electron chi connectivity index (χ1n) is 4.06. The molecule has 1 N–H and O–H groups in total. The fourth-order valence-electron chi connectivity index (χ4n) is 1.15. The van der Waals surface area contributed by atoms with Gasteiger partial charge in [0.15, 0.2) is 5.78 Å². The lowest BCUT2D eigenvalue weighted by Crippen LogP contribution is -2.47. The second-order valence-electron chi connectivity index (χ2n) is 3.14. The van der Waals surface area contributed by atoms with Crippen LogP contribution in [0.15, 0.2) is 0 Å². The van der Waals surface area contributed by atoms with Crippen LogP contribution in [0.1, 0.15) is 13.8 Å². The third-order valence-corrected chi connectivity index (χ3v) is 1.83. The first-order valence-corrected chi connectivity index (χ1v) is 4.06. The Labute approximate surface area is 67.1 Å². The number of ketones is 1. The number of Topliss-reactive ketones (excluding diaryl/α,β-unsaturated/α-hetero) is 1. The Kier molecular flexibility index (Phi) is 3.02. The third-order valence-electron chi connectivity index (χ3n) is 1.83. The smallest absolute Gasteiger partial charge is 0.154 e. The highest BCUT2D eigenvalue weighted by molar-refractivity contribution is 5.85. The van der Waals surface area contributed by atoms with Crippen LogP contribution in [0.5, 0.6) is 0 Å². The largest absolute Gasteiger partial charge is 0.378 e. The molecule has 1 aliphatic rings. The van der Waals surface area contributed by atoms with Gasteiger partial charge in [0.2, 0.25) is 0 Å². The summed E-state index contributed by atoms with van der Waals surface area (Å²) in [6.45, 7) is 5.89. The predicted molar refractivity (Wildman–Crippen MR) is 42.5 cm³/mol. The van der Waals surface area contributed by atoms with Crippen molar-refractivity contribution in [1.29, 1.82) is 0 Å². The molecule has 0 spiro atoms. The lowest BCUT2D eigenvalue weighted by Gasteiger charge is -2.23. The van der Waals surface area contributed by atoms with Crippen LogP contribution in [0.2, 0.25) is 0 Å². The maximum atomic E-state index is 11.4. The van der Waals surface area contributed by atoms with Crippen LogP contribution >= 0.6 is 0 Å². The van der Waals surface area contributed by atoms with Gasteiger partial charge in [-0.05, 0) is 0 Å². The SMILES string of the molecule is CC(C)C(=O)C1COCCN1. The summed E-state index contributed by atoms with van der Waals surface area (Å²) in [5.41, 5.74) is 0. The second-order valence-corrected chi connectivity index (χ2v) is 3.14. The lowest BCUT2D eigenvalue weighted by atomic mass is 10.0. The number of rotatable bonds is 2. The van der Waals surface area contributed by atoms with E-state index >= 15 is 0 Å². The van der Waals surface area contributed by atoms with Gasteiger partial charge in [0.05, 0.1) is 19.3 Å².